The van der Waals surface area contributed by atoms with Crippen LogP contribution in [0.2, 0.25) is 0 Å². The van der Waals surface area contributed by atoms with Crippen LogP contribution < -0.4 is 19.5 Å². The Labute approximate surface area is 176 Å². The highest BCUT2D eigenvalue weighted by molar-refractivity contribution is 5.94. The number of fused-ring (bicyclic) bond motifs is 3. The third-order valence-electron chi connectivity index (χ3n) is 5.48. The molecule has 7 heteroatoms. The van der Waals surface area contributed by atoms with Gasteiger partial charge < -0.3 is 24.1 Å². The van der Waals surface area contributed by atoms with Crippen molar-refractivity contribution in [2.45, 2.75) is 38.6 Å². The van der Waals surface area contributed by atoms with Crippen LogP contribution in [-0.4, -0.2) is 36.8 Å². The number of carbonyl (C=O) groups is 1. The van der Waals surface area contributed by atoms with Crippen LogP contribution in [0.25, 0.3) is 11.0 Å². The molecular formula is C23H27N3O4. The van der Waals surface area contributed by atoms with Gasteiger partial charge in [-0.05, 0) is 48.7 Å². The molecule has 0 bridgehead atoms. The van der Waals surface area contributed by atoms with Crippen molar-refractivity contribution in [1.82, 2.24) is 9.55 Å². The van der Waals surface area contributed by atoms with E-state index >= 15 is 0 Å². The molecule has 4 rings (SSSR count). The smallest absolute Gasteiger partial charge is 0.228 e. The lowest BCUT2D eigenvalue weighted by Gasteiger charge is -2.14. The van der Waals surface area contributed by atoms with Gasteiger partial charge in [0.2, 0.25) is 11.7 Å². The maximum absolute atomic E-state index is 12.7. The second-order valence-electron chi connectivity index (χ2n) is 7.45. The summed E-state index contributed by atoms with van der Waals surface area (Å²) in [6.45, 7) is 1.01. The van der Waals surface area contributed by atoms with E-state index in [2.05, 4.69) is 9.88 Å². The van der Waals surface area contributed by atoms with Crippen molar-refractivity contribution in [2.75, 3.05) is 26.6 Å². The molecule has 1 aromatic heterocycles. The van der Waals surface area contributed by atoms with Crippen molar-refractivity contribution in [1.29, 1.82) is 0 Å². The number of carbonyl (C=O) groups excluding carboxylic acids is 1. The summed E-state index contributed by atoms with van der Waals surface area (Å²) in [6, 6.07) is 9.51. The van der Waals surface area contributed by atoms with Crippen molar-refractivity contribution < 1.29 is 19.0 Å². The fourth-order valence-corrected chi connectivity index (χ4v) is 4.06. The lowest BCUT2D eigenvalue weighted by atomic mass is 10.1. The number of imidazole rings is 1. The van der Waals surface area contributed by atoms with Crippen LogP contribution in [0.1, 0.15) is 30.7 Å². The van der Waals surface area contributed by atoms with Gasteiger partial charge >= 0.3 is 0 Å². The largest absolute Gasteiger partial charge is 0.493 e. The molecule has 158 valence electrons. The molecule has 1 aliphatic rings. The first-order chi connectivity index (χ1) is 14.6. The molecule has 1 amide bonds. The minimum absolute atomic E-state index is 0.121. The van der Waals surface area contributed by atoms with Crippen LogP contribution in [0.3, 0.4) is 0 Å². The molecule has 30 heavy (non-hydrogen) atoms. The number of rotatable bonds is 6. The van der Waals surface area contributed by atoms with Gasteiger partial charge in [0.1, 0.15) is 5.82 Å². The van der Waals surface area contributed by atoms with E-state index in [9.17, 15) is 4.79 Å². The second-order valence-corrected chi connectivity index (χ2v) is 7.45. The molecular weight excluding hydrogens is 382 g/mol. The Morgan fingerprint density at radius 2 is 1.80 bits per heavy atom. The molecule has 0 aliphatic carbocycles. The fourth-order valence-electron chi connectivity index (χ4n) is 4.06. The first-order valence-corrected chi connectivity index (χ1v) is 10.2. The number of nitrogens with one attached hydrogen (secondary N) is 1. The van der Waals surface area contributed by atoms with Gasteiger partial charge in [0.25, 0.3) is 0 Å². The Hall–Kier alpha value is -3.22. The second kappa shape index (κ2) is 8.65. The van der Waals surface area contributed by atoms with Gasteiger partial charge in [-0.2, -0.15) is 0 Å². The topological polar surface area (TPSA) is 74.6 Å². The van der Waals surface area contributed by atoms with E-state index < -0.39 is 0 Å². The van der Waals surface area contributed by atoms with Gasteiger partial charge in [0, 0.05) is 18.7 Å². The van der Waals surface area contributed by atoms with Gasteiger partial charge in [-0.1, -0.05) is 6.42 Å². The van der Waals surface area contributed by atoms with Crippen molar-refractivity contribution in [3.05, 3.63) is 41.7 Å². The summed E-state index contributed by atoms with van der Waals surface area (Å²) >= 11 is 0. The summed E-state index contributed by atoms with van der Waals surface area (Å²) in [7, 11) is 4.67. The zero-order chi connectivity index (χ0) is 21.1. The number of hydrogen-bond donors (Lipinski definition) is 1. The minimum Gasteiger partial charge on any atom is -0.493 e. The summed E-state index contributed by atoms with van der Waals surface area (Å²) in [4.78, 5) is 17.5. The molecule has 0 radical (unpaired) electrons. The summed E-state index contributed by atoms with van der Waals surface area (Å²) in [5.74, 6) is 2.59. The maximum Gasteiger partial charge on any atom is 0.228 e. The Kier molecular flexibility index (Phi) is 5.79. The van der Waals surface area contributed by atoms with Crippen molar-refractivity contribution in [3.8, 4) is 17.2 Å². The number of aromatic nitrogens is 2. The highest BCUT2D eigenvalue weighted by atomic mass is 16.5. The highest BCUT2D eigenvalue weighted by Crippen LogP contribution is 2.38. The third kappa shape index (κ3) is 3.92. The quantitative estimate of drug-likeness (QED) is 0.667. The van der Waals surface area contributed by atoms with E-state index in [-0.39, 0.29) is 12.3 Å². The summed E-state index contributed by atoms with van der Waals surface area (Å²) < 4.78 is 18.4. The van der Waals surface area contributed by atoms with Crippen LogP contribution in [0.15, 0.2) is 30.3 Å². The van der Waals surface area contributed by atoms with Crippen LogP contribution >= 0.6 is 0 Å². The minimum atomic E-state index is -0.121. The van der Waals surface area contributed by atoms with Crippen LogP contribution in [0.4, 0.5) is 5.69 Å². The van der Waals surface area contributed by atoms with Crippen LogP contribution in [0, 0.1) is 0 Å². The molecule has 0 saturated carbocycles. The number of anilines is 1. The molecule has 2 heterocycles. The average molecular weight is 409 g/mol. The summed E-state index contributed by atoms with van der Waals surface area (Å²) in [5, 5.41) is 2.98. The molecule has 1 N–H and O–H groups in total. The number of hydrogen-bond acceptors (Lipinski definition) is 5. The Morgan fingerprint density at radius 3 is 2.50 bits per heavy atom. The lowest BCUT2D eigenvalue weighted by molar-refractivity contribution is -0.115. The van der Waals surface area contributed by atoms with Gasteiger partial charge in [-0.25, -0.2) is 4.98 Å². The Morgan fingerprint density at radius 1 is 1.03 bits per heavy atom. The third-order valence-corrected chi connectivity index (χ3v) is 5.48. The monoisotopic (exact) mass is 409 g/mol. The van der Waals surface area contributed by atoms with Crippen molar-refractivity contribution in [3.63, 3.8) is 0 Å². The molecule has 1 aliphatic heterocycles. The van der Waals surface area contributed by atoms with Gasteiger partial charge in [-0.3, -0.25) is 4.79 Å². The molecule has 7 nitrogen and oxygen atoms in total. The van der Waals surface area contributed by atoms with E-state index in [0.717, 1.165) is 41.1 Å². The molecule has 0 saturated heterocycles. The number of benzene rings is 2. The van der Waals surface area contributed by atoms with E-state index in [1.54, 1.807) is 33.5 Å². The standard InChI is InChI=1S/C23H27N3O4/c1-28-19-11-15(12-20(29-2)23(19)30-3)13-22(27)24-16-8-9-18-17(14-16)25-21-7-5-4-6-10-26(18)21/h8-9,11-12,14H,4-7,10,13H2,1-3H3,(H,24,27). The van der Waals surface area contributed by atoms with E-state index in [4.69, 9.17) is 19.2 Å². The Balaban J connectivity index is 1.52. The maximum atomic E-state index is 12.7. The summed E-state index contributed by atoms with van der Waals surface area (Å²) in [6.07, 6.45) is 4.82. The van der Waals surface area contributed by atoms with E-state index in [1.165, 1.54) is 19.3 Å². The number of amides is 1. The van der Waals surface area contributed by atoms with Crippen molar-refractivity contribution in [2.24, 2.45) is 0 Å². The van der Waals surface area contributed by atoms with E-state index in [0.29, 0.717) is 17.2 Å². The first kappa shape index (κ1) is 20.1. The lowest BCUT2D eigenvalue weighted by Crippen LogP contribution is -2.14. The molecule has 0 atom stereocenters. The van der Waals surface area contributed by atoms with Gasteiger partial charge in [-0.15, -0.1) is 0 Å². The zero-order valence-electron chi connectivity index (χ0n) is 17.7. The first-order valence-electron chi connectivity index (χ1n) is 10.2. The predicted molar refractivity (Wildman–Crippen MR) is 116 cm³/mol. The summed E-state index contributed by atoms with van der Waals surface area (Å²) in [5.41, 5.74) is 3.58. The average Bonchev–Trinajstić information content (AvgIpc) is 2.92. The number of nitrogens with zero attached hydrogens (tertiary/aromatic N) is 2. The van der Waals surface area contributed by atoms with Crippen LogP contribution in [-0.2, 0) is 24.2 Å². The number of ether oxygens (including phenoxy) is 3. The number of aryl methyl sites for hydroxylation is 2. The van der Waals surface area contributed by atoms with Gasteiger partial charge in [0.15, 0.2) is 11.5 Å². The number of methoxy groups -OCH3 is 3. The zero-order valence-corrected chi connectivity index (χ0v) is 17.7. The normalized spacial score (nSPS) is 13.4. The fraction of sp³-hybridized carbons (Fsp3) is 0.391. The van der Waals surface area contributed by atoms with Gasteiger partial charge in [0.05, 0.1) is 38.8 Å². The Bertz CT molecular complexity index is 1050. The molecule has 2 aromatic carbocycles. The molecule has 0 spiro atoms. The van der Waals surface area contributed by atoms with E-state index in [1.807, 2.05) is 18.2 Å². The SMILES string of the molecule is COc1cc(CC(=O)Nc2ccc3c(c2)nc2n3CCCCC2)cc(OC)c1OC. The molecule has 0 unspecified atom stereocenters. The molecule has 3 aromatic rings. The predicted octanol–water partition coefficient (Wildman–Crippen LogP) is 3.97. The van der Waals surface area contributed by atoms with Crippen molar-refractivity contribution >= 4 is 22.6 Å². The van der Waals surface area contributed by atoms with Crippen LogP contribution in [0.5, 0.6) is 17.2 Å². The molecule has 0 fully saturated rings. The highest BCUT2D eigenvalue weighted by Gasteiger charge is 2.16.